The smallest absolute Gasteiger partial charge is 0.358 e. The molecule has 0 amide bonds. The fraction of sp³-hybridized carbons (Fsp3) is 0.444. The number of aryl methyl sites for hydroxylation is 1. The van der Waals surface area contributed by atoms with E-state index in [2.05, 4.69) is 20.5 Å². The first kappa shape index (κ1) is 11.2. The van der Waals surface area contributed by atoms with E-state index in [4.69, 9.17) is 5.11 Å². The molecule has 0 saturated carbocycles. The summed E-state index contributed by atoms with van der Waals surface area (Å²) >= 11 is 0. The van der Waals surface area contributed by atoms with Crippen molar-refractivity contribution in [1.82, 2.24) is 29.8 Å². The van der Waals surface area contributed by atoms with Gasteiger partial charge in [0.1, 0.15) is 12.9 Å². The predicted molar refractivity (Wildman–Crippen MR) is 56.5 cm³/mol. The second-order valence-corrected chi connectivity index (χ2v) is 3.56. The largest absolute Gasteiger partial charge is 0.476 e. The minimum atomic E-state index is -1.06. The summed E-state index contributed by atoms with van der Waals surface area (Å²) in [5.74, 6) is -0.368. The van der Waals surface area contributed by atoms with Crippen LogP contribution in [0.15, 0.2) is 6.33 Å². The highest BCUT2D eigenvalue weighted by molar-refractivity contribution is 5.86. The number of carboxylic acids is 1. The number of nitrogens with zero attached hydrogens (tertiary/aromatic N) is 6. The van der Waals surface area contributed by atoms with E-state index in [1.165, 1.54) is 4.68 Å². The van der Waals surface area contributed by atoms with Crippen molar-refractivity contribution < 1.29 is 9.90 Å². The summed E-state index contributed by atoms with van der Waals surface area (Å²) in [6.07, 6.45) is 2.13. The molecule has 1 N–H and O–H groups in total. The van der Waals surface area contributed by atoms with Gasteiger partial charge in [-0.1, -0.05) is 12.1 Å². The Bertz CT molecular complexity index is 543. The minimum absolute atomic E-state index is 0.00494. The van der Waals surface area contributed by atoms with Gasteiger partial charge in [0.25, 0.3) is 0 Å². The SMILES string of the molecule is CCc1c(C(=O)O)nnn1Cc1nncn1C. The molecule has 8 nitrogen and oxygen atoms in total. The van der Waals surface area contributed by atoms with Gasteiger partial charge in [-0.05, 0) is 6.42 Å². The van der Waals surface area contributed by atoms with E-state index in [0.29, 0.717) is 24.5 Å². The molecule has 0 radical (unpaired) electrons. The van der Waals surface area contributed by atoms with Crippen molar-refractivity contribution in [2.24, 2.45) is 7.05 Å². The first-order valence-corrected chi connectivity index (χ1v) is 5.12. The molecule has 0 bridgehead atoms. The highest BCUT2D eigenvalue weighted by Gasteiger charge is 2.18. The summed E-state index contributed by atoms with van der Waals surface area (Å²) in [4.78, 5) is 10.9. The van der Waals surface area contributed by atoms with Crippen LogP contribution in [0.3, 0.4) is 0 Å². The van der Waals surface area contributed by atoms with Gasteiger partial charge in [0.2, 0.25) is 0 Å². The number of aromatic carboxylic acids is 1. The Kier molecular flexibility index (Phi) is 2.86. The maximum Gasteiger partial charge on any atom is 0.358 e. The molecule has 0 saturated heterocycles. The highest BCUT2D eigenvalue weighted by atomic mass is 16.4. The van der Waals surface area contributed by atoms with Crippen LogP contribution in [0.25, 0.3) is 0 Å². The Morgan fingerprint density at radius 2 is 2.24 bits per heavy atom. The zero-order valence-corrected chi connectivity index (χ0v) is 9.53. The summed E-state index contributed by atoms with van der Waals surface area (Å²) in [5.41, 5.74) is 0.579. The van der Waals surface area contributed by atoms with E-state index in [1.54, 1.807) is 10.9 Å². The van der Waals surface area contributed by atoms with E-state index < -0.39 is 5.97 Å². The van der Waals surface area contributed by atoms with E-state index in [-0.39, 0.29) is 5.69 Å². The molecule has 0 aromatic carbocycles. The van der Waals surface area contributed by atoms with Crippen LogP contribution < -0.4 is 0 Å². The molecular formula is C9H12N6O2. The lowest BCUT2D eigenvalue weighted by Crippen LogP contribution is -2.11. The Labute approximate surface area is 96.9 Å². The normalized spacial score (nSPS) is 10.7. The lowest BCUT2D eigenvalue weighted by atomic mass is 10.2. The molecule has 0 aliphatic carbocycles. The monoisotopic (exact) mass is 236 g/mol. The Balaban J connectivity index is 2.34. The van der Waals surface area contributed by atoms with Gasteiger partial charge in [-0.25, -0.2) is 9.48 Å². The molecule has 0 spiro atoms. The van der Waals surface area contributed by atoms with Gasteiger partial charge in [-0.15, -0.1) is 15.3 Å². The second kappa shape index (κ2) is 4.32. The van der Waals surface area contributed by atoms with Crippen molar-refractivity contribution in [3.8, 4) is 0 Å². The van der Waals surface area contributed by atoms with Gasteiger partial charge < -0.3 is 9.67 Å². The lowest BCUT2D eigenvalue weighted by Gasteiger charge is -2.04. The third-order valence-electron chi connectivity index (χ3n) is 2.47. The lowest BCUT2D eigenvalue weighted by molar-refractivity contribution is 0.0689. The average Bonchev–Trinajstić information content (AvgIpc) is 2.86. The first-order chi connectivity index (χ1) is 8.13. The molecule has 90 valence electrons. The van der Waals surface area contributed by atoms with Gasteiger partial charge in [0, 0.05) is 7.05 Å². The highest BCUT2D eigenvalue weighted by Crippen LogP contribution is 2.08. The van der Waals surface area contributed by atoms with Crippen LogP contribution in [0.1, 0.15) is 28.9 Å². The third-order valence-corrected chi connectivity index (χ3v) is 2.47. The molecule has 0 atom stereocenters. The number of rotatable bonds is 4. The van der Waals surface area contributed by atoms with Crippen molar-refractivity contribution in [2.45, 2.75) is 19.9 Å². The van der Waals surface area contributed by atoms with Gasteiger partial charge >= 0.3 is 5.97 Å². The zero-order chi connectivity index (χ0) is 12.4. The third kappa shape index (κ3) is 2.01. The Morgan fingerprint density at radius 1 is 1.47 bits per heavy atom. The number of carbonyl (C=O) groups is 1. The van der Waals surface area contributed by atoms with E-state index in [0.717, 1.165) is 0 Å². The topological polar surface area (TPSA) is 98.7 Å². The summed E-state index contributed by atoms with van der Waals surface area (Å²) in [7, 11) is 1.82. The molecule has 0 unspecified atom stereocenters. The van der Waals surface area contributed by atoms with Gasteiger partial charge in [-0.3, -0.25) is 0 Å². The maximum atomic E-state index is 10.9. The molecule has 0 aliphatic rings. The number of aromatic nitrogens is 6. The quantitative estimate of drug-likeness (QED) is 0.783. The van der Waals surface area contributed by atoms with E-state index >= 15 is 0 Å². The van der Waals surface area contributed by atoms with E-state index in [9.17, 15) is 4.79 Å². The Hall–Kier alpha value is -2.25. The first-order valence-electron chi connectivity index (χ1n) is 5.12. The molecule has 0 fully saturated rings. The minimum Gasteiger partial charge on any atom is -0.476 e. The predicted octanol–water partition coefficient (Wildman–Crippen LogP) is -0.285. The van der Waals surface area contributed by atoms with Crippen LogP contribution in [-0.4, -0.2) is 40.8 Å². The average molecular weight is 236 g/mol. The molecule has 2 heterocycles. The molecule has 2 aromatic rings. The van der Waals surface area contributed by atoms with Crippen molar-refractivity contribution in [3.05, 3.63) is 23.5 Å². The maximum absolute atomic E-state index is 10.9. The van der Waals surface area contributed by atoms with Crippen LogP contribution in [0.4, 0.5) is 0 Å². The molecular weight excluding hydrogens is 224 g/mol. The zero-order valence-electron chi connectivity index (χ0n) is 9.53. The van der Waals surface area contributed by atoms with Crippen molar-refractivity contribution in [2.75, 3.05) is 0 Å². The molecule has 8 heteroatoms. The van der Waals surface area contributed by atoms with Crippen molar-refractivity contribution >= 4 is 5.97 Å². The summed E-state index contributed by atoms with van der Waals surface area (Å²) < 4.78 is 3.29. The fourth-order valence-electron chi connectivity index (χ4n) is 1.56. The molecule has 2 aromatic heterocycles. The number of hydrogen-bond donors (Lipinski definition) is 1. The molecule has 0 aliphatic heterocycles. The van der Waals surface area contributed by atoms with Crippen LogP contribution >= 0.6 is 0 Å². The van der Waals surface area contributed by atoms with E-state index in [1.807, 2.05) is 14.0 Å². The van der Waals surface area contributed by atoms with Crippen LogP contribution in [0.5, 0.6) is 0 Å². The molecule has 2 rings (SSSR count). The number of hydrogen-bond acceptors (Lipinski definition) is 5. The number of carboxylic acid groups (broad SMARTS) is 1. The standard InChI is InChI=1S/C9H12N6O2/c1-3-6-8(9(16)17)12-13-15(6)4-7-11-10-5-14(7)2/h5H,3-4H2,1-2H3,(H,16,17). The van der Waals surface area contributed by atoms with Gasteiger partial charge in [-0.2, -0.15) is 0 Å². The molecule has 17 heavy (non-hydrogen) atoms. The van der Waals surface area contributed by atoms with Gasteiger partial charge in [0.15, 0.2) is 11.5 Å². The summed E-state index contributed by atoms with van der Waals surface area (Å²) in [6, 6.07) is 0. The van der Waals surface area contributed by atoms with Crippen molar-refractivity contribution in [3.63, 3.8) is 0 Å². The second-order valence-electron chi connectivity index (χ2n) is 3.56. The van der Waals surface area contributed by atoms with Gasteiger partial charge in [0.05, 0.1) is 5.69 Å². The summed E-state index contributed by atoms with van der Waals surface area (Å²) in [5, 5.41) is 24.1. The van der Waals surface area contributed by atoms with Crippen LogP contribution in [-0.2, 0) is 20.0 Å². The van der Waals surface area contributed by atoms with Crippen LogP contribution in [0, 0.1) is 0 Å². The fourth-order valence-corrected chi connectivity index (χ4v) is 1.56. The summed E-state index contributed by atoms with van der Waals surface area (Å²) in [6.45, 7) is 2.22. The Morgan fingerprint density at radius 3 is 2.76 bits per heavy atom. The van der Waals surface area contributed by atoms with Crippen molar-refractivity contribution in [1.29, 1.82) is 0 Å². The van der Waals surface area contributed by atoms with Crippen LogP contribution in [0.2, 0.25) is 0 Å².